The van der Waals surface area contributed by atoms with E-state index in [1.165, 1.54) is 24.3 Å². The number of hydrogen-bond acceptors (Lipinski definition) is 1. The van der Waals surface area contributed by atoms with Crippen molar-refractivity contribution in [2.45, 2.75) is 31.7 Å². The zero-order chi connectivity index (χ0) is 25.8. The number of hydrogen-bond donors (Lipinski definition) is 0. The molecule has 0 aliphatic carbocycles. The van der Waals surface area contributed by atoms with Crippen LogP contribution >= 0.6 is 0 Å². The monoisotopic (exact) mass is 500 g/mol. The van der Waals surface area contributed by atoms with Crippen molar-refractivity contribution in [1.82, 2.24) is 9.55 Å². The summed E-state index contributed by atoms with van der Waals surface area (Å²) in [7, 11) is 0. The van der Waals surface area contributed by atoms with Crippen LogP contribution in [0, 0.1) is 0 Å². The van der Waals surface area contributed by atoms with E-state index in [4.69, 9.17) is 0 Å². The molecule has 0 saturated heterocycles. The van der Waals surface area contributed by atoms with Crippen LogP contribution in [0.1, 0.15) is 39.9 Å². The van der Waals surface area contributed by atoms with E-state index in [2.05, 4.69) is 4.98 Å². The second kappa shape index (κ2) is 10.4. The number of imidazole rings is 1. The van der Waals surface area contributed by atoms with Gasteiger partial charge >= 0.3 is 12.4 Å². The van der Waals surface area contributed by atoms with Crippen molar-refractivity contribution < 1.29 is 26.3 Å². The Hall–Kier alpha value is -3.81. The normalized spacial score (nSPS) is 11.9. The molecule has 0 aliphatic heterocycles. The summed E-state index contributed by atoms with van der Waals surface area (Å²) in [5.74, 6) is 0. The topological polar surface area (TPSA) is 17.8 Å². The van der Waals surface area contributed by atoms with Gasteiger partial charge in [0.15, 0.2) is 0 Å². The zero-order valence-electron chi connectivity index (χ0n) is 19.0. The Balaban J connectivity index is 1.60. The molecule has 0 spiro atoms. The summed E-state index contributed by atoms with van der Waals surface area (Å²) in [5.41, 5.74) is 2.04. The number of rotatable bonds is 7. The largest absolute Gasteiger partial charge is 0.416 e. The highest BCUT2D eigenvalue weighted by molar-refractivity contribution is 5.80. The Kier molecular flexibility index (Phi) is 7.33. The molecule has 1 aromatic heterocycles. The van der Waals surface area contributed by atoms with Crippen LogP contribution in [0.5, 0.6) is 0 Å². The molecule has 8 heteroatoms. The fraction of sp³-hybridized carbons (Fsp3) is 0.179. The molecular formula is C28H22F6N2. The standard InChI is InChI=1S/C28H22F6N2/c29-27(30,31)23-13-9-21(10-14-23)26(22-11-15-24(16-12-22)28(32,33)34)8-4-7-25-17-35-19-36(25)18-20-5-2-1-3-6-20/h1-3,5-6,8-17,19H,4,7,18H2. The van der Waals surface area contributed by atoms with Gasteiger partial charge in [0.1, 0.15) is 0 Å². The maximum Gasteiger partial charge on any atom is 0.416 e. The Bertz CT molecular complexity index is 1240. The number of alkyl halides is 6. The van der Waals surface area contributed by atoms with Crippen molar-refractivity contribution in [3.8, 4) is 0 Å². The van der Waals surface area contributed by atoms with Crippen LogP contribution in [0.25, 0.3) is 5.57 Å². The molecule has 1 heterocycles. The van der Waals surface area contributed by atoms with Crippen molar-refractivity contribution in [2.24, 2.45) is 0 Å². The third kappa shape index (κ3) is 6.24. The zero-order valence-corrected chi connectivity index (χ0v) is 19.0. The summed E-state index contributed by atoms with van der Waals surface area (Å²) < 4.78 is 80.2. The van der Waals surface area contributed by atoms with E-state index in [0.717, 1.165) is 35.5 Å². The highest BCUT2D eigenvalue weighted by Crippen LogP contribution is 2.34. The van der Waals surface area contributed by atoms with Crippen molar-refractivity contribution in [3.05, 3.63) is 131 Å². The smallest absolute Gasteiger partial charge is 0.330 e. The molecule has 4 rings (SSSR count). The number of aryl methyl sites for hydroxylation is 1. The van der Waals surface area contributed by atoms with Gasteiger partial charge in [0, 0.05) is 18.4 Å². The number of nitrogens with zero attached hydrogens (tertiary/aromatic N) is 2. The van der Waals surface area contributed by atoms with Crippen LogP contribution in [0.2, 0.25) is 0 Å². The molecule has 0 aliphatic rings. The van der Waals surface area contributed by atoms with Gasteiger partial charge in [0.2, 0.25) is 0 Å². The Morgan fingerprint density at radius 1 is 0.722 bits per heavy atom. The first-order valence-electron chi connectivity index (χ1n) is 11.2. The Morgan fingerprint density at radius 2 is 1.25 bits per heavy atom. The van der Waals surface area contributed by atoms with E-state index in [-0.39, 0.29) is 0 Å². The van der Waals surface area contributed by atoms with Crippen molar-refractivity contribution in [3.63, 3.8) is 0 Å². The van der Waals surface area contributed by atoms with Crippen LogP contribution < -0.4 is 0 Å². The van der Waals surface area contributed by atoms with Gasteiger partial charge in [-0.1, -0.05) is 60.7 Å². The molecule has 0 saturated carbocycles. The van der Waals surface area contributed by atoms with Crippen LogP contribution in [0.3, 0.4) is 0 Å². The first-order chi connectivity index (χ1) is 17.1. The first-order valence-corrected chi connectivity index (χ1v) is 11.2. The summed E-state index contributed by atoms with van der Waals surface area (Å²) in [6.45, 7) is 0.643. The highest BCUT2D eigenvalue weighted by Gasteiger charge is 2.31. The quantitative estimate of drug-likeness (QED) is 0.235. The molecule has 0 bridgehead atoms. The van der Waals surface area contributed by atoms with Crippen molar-refractivity contribution >= 4 is 5.57 Å². The van der Waals surface area contributed by atoms with E-state index < -0.39 is 23.5 Å². The molecule has 0 atom stereocenters. The lowest BCUT2D eigenvalue weighted by Gasteiger charge is -2.13. The highest BCUT2D eigenvalue weighted by atomic mass is 19.4. The maximum atomic E-state index is 13.0. The van der Waals surface area contributed by atoms with Gasteiger partial charge in [-0.15, -0.1) is 0 Å². The molecule has 0 fully saturated rings. The van der Waals surface area contributed by atoms with Gasteiger partial charge in [-0.2, -0.15) is 26.3 Å². The molecule has 0 amide bonds. The van der Waals surface area contributed by atoms with Crippen LogP contribution in [-0.2, 0) is 25.3 Å². The molecule has 0 unspecified atom stereocenters. The van der Waals surface area contributed by atoms with E-state index >= 15 is 0 Å². The van der Waals surface area contributed by atoms with Gasteiger partial charge in [-0.05, 0) is 59.4 Å². The third-order valence-corrected chi connectivity index (χ3v) is 5.79. The number of aromatic nitrogens is 2. The summed E-state index contributed by atoms with van der Waals surface area (Å²) in [6, 6.07) is 19.1. The fourth-order valence-corrected chi connectivity index (χ4v) is 3.92. The average molecular weight is 500 g/mol. The Morgan fingerprint density at radius 3 is 1.75 bits per heavy atom. The fourth-order valence-electron chi connectivity index (χ4n) is 3.92. The third-order valence-electron chi connectivity index (χ3n) is 5.79. The summed E-state index contributed by atoms with van der Waals surface area (Å²) >= 11 is 0. The van der Waals surface area contributed by atoms with E-state index in [1.807, 2.05) is 41.0 Å². The second-order valence-corrected chi connectivity index (χ2v) is 8.31. The van der Waals surface area contributed by atoms with Gasteiger partial charge in [0.05, 0.1) is 17.5 Å². The van der Waals surface area contributed by atoms with Crippen LogP contribution in [-0.4, -0.2) is 9.55 Å². The van der Waals surface area contributed by atoms with Gasteiger partial charge < -0.3 is 4.57 Å². The van der Waals surface area contributed by atoms with Crippen LogP contribution in [0.4, 0.5) is 26.3 Å². The predicted octanol–water partition coefficient (Wildman–Crippen LogP) is 8.03. The predicted molar refractivity (Wildman–Crippen MR) is 126 cm³/mol. The Labute approximate surface area is 204 Å². The number of halogens is 6. The molecule has 0 radical (unpaired) electrons. The summed E-state index contributed by atoms with van der Waals surface area (Å²) in [6.07, 6.45) is -2.52. The second-order valence-electron chi connectivity index (χ2n) is 8.31. The molecule has 0 N–H and O–H groups in total. The lowest BCUT2D eigenvalue weighted by atomic mass is 9.94. The van der Waals surface area contributed by atoms with Crippen molar-refractivity contribution in [2.75, 3.05) is 0 Å². The molecule has 2 nitrogen and oxygen atoms in total. The van der Waals surface area contributed by atoms with E-state index in [0.29, 0.717) is 36.1 Å². The average Bonchev–Trinajstić information content (AvgIpc) is 3.28. The van der Waals surface area contributed by atoms with Gasteiger partial charge in [-0.25, -0.2) is 4.98 Å². The minimum Gasteiger partial charge on any atom is -0.330 e. The van der Waals surface area contributed by atoms with E-state index in [1.54, 1.807) is 12.5 Å². The summed E-state index contributed by atoms with van der Waals surface area (Å²) in [4.78, 5) is 4.23. The molecule has 4 aromatic rings. The van der Waals surface area contributed by atoms with Gasteiger partial charge in [0.25, 0.3) is 0 Å². The lowest BCUT2D eigenvalue weighted by molar-refractivity contribution is -0.138. The van der Waals surface area contributed by atoms with E-state index in [9.17, 15) is 26.3 Å². The maximum absolute atomic E-state index is 13.0. The van der Waals surface area contributed by atoms with Gasteiger partial charge in [-0.3, -0.25) is 0 Å². The SMILES string of the molecule is FC(F)(F)c1ccc(C(=CCCc2cncn2Cc2ccccc2)c2ccc(C(F)(F)F)cc2)cc1. The minimum absolute atomic E-state index is 0.487. The molecule has 3 aromatic carbocycles. The molecule has 36 heavy (non-hydrogen) atoms. The first kappa shape index (κ1) is 25.3. The lowest BCUT2D eigenvalue weighted by Crippen LogP contribution is -2.05. The van der Waals surface area contributed by atoms with Crippen LogP contribution in [0.15, 0.2) is 97.5 Å². The number of allylic oxidation sites excluding steroid dienone is 1. The molecule has 186 valence electrons. The number of benzene rings is 3. The molecular weight excluding hydrogens is 478 g/mol. The van der Waals surface area contributed by atoms with Crippen molar-refractivity contribution in [1.29, 1.82) is 0 Å². The summed E-state index contributed by atoms with van der Waals surface area (Å²) in [5, 5.41) is 0. The minimum atomic E-state index is -4.48.